The number of guanidine groups is 1. The van der Waals surface area contributed by atoms with E-state index in [-0.39, 0.29) is 29.5 Å². The van der Waals surface area contributed by atoms with E-state index in [2.05, 4.69) is 78.6 Å². The first kappa shape index (κ1) is 24.2. The second-order valence-corrected chi connectivity index (χ2v) is 7.98. The van der Waals surface area contributed by atoms with Gasteiger partial charge in [-0.2, -0.15) is 0 Å². The van der Waals surface area contributed by atoms with Crippen molar-refractivity contribution in [2.75, 3.05) is 46.4 Å². The second kappa shape index (κ2) is 11.9. The number of rotatable bonds is 7. The van der Waals surface area contributed by atoms with Crippen LogP contribution in [-0.2, 0) is 4.74 Å². The highest BCUT2D eigenvalue weighted by Gasteiger charge is 2.28. The zero-order chi connectivity index (χ0) is 19.0. The molecule has 5 nitrogen and oxygen atoms in total. The van der Waals surface area contributed by atoms with E-state index in [1.165, 1.54) is 5.56 Å². The molecule has 0 saturated carbocycles. The molecule has 0 aliphatic carbocycles. The van der Waals surface area contributed by atoms with Crippen LogP contribution in [0.1, 0.15) is 39.2 Å². The van der Waals surface area contributed by atoms with E-state index in [1.54, 1.807) is 0 Å². The molecule has 1 unspecified atom stereocenters. The van der Waals surface area contributed by atoms with Crippen molar-refractivity contribution in [1.82, 2.24) is 15.5 Å². The van der Waals surface area contributed by atoms with Crippen LogP contribution in [0.2, 0.25) is 0 Å². The number of ether oxygens (including phenoxy) is 1. The van der Waals surface area contributed by atoms with Crippen LogP contribution < -0.4 is 10.6 Å². The predicted octanol–water partition coefficient (Wildman–Crippen LogP) is 3.32. The quantitative estimate of drug-likeness (QED) is 0.351. The highest BCUT2D eigenvalue weighted by Crippen LogP contribution is 2.23. The molecule has 27 heavy (non-hydrogen) atoms. The van der Waals surface area contributed by atoms with Gasteiger partial charge in [0.15, 0.2) is 5.96 Å². The summed E-state index contributed by atoms with van der Waals surface area (Å²) in [4.78, 5) is 6.90. The van der Waals surface area contributed by atoms with Crippen LogP contribution in [0.25, 0.3) is 0 Å². The average Bonchev–Trinajstić information content (AvgIpc) is 2.65. The maximum atomic E-state index is 5.47. The standard InChI is InChI=1S/C21H36N4O.HI/c1-17(2)19(18-9-7-6-8-10-18)15-23-20(22-5)24-16-21(3,4)25-11-13-26-14-12-25;/h6-10,17,19H,11-16H2,1-5H3,(H2,22,23,24);1H. The molecule has 1 saturated heterocycles. The lowest BCUT2D eigenvalue weighted by Crippen LogP contribution is -2.56. The number of hydrogen-bond acceptors (Lipinski definition) is 3. The Bertz CT molecular complexity index is 557. The van der Waals surface area contributed by atoms with E-state index >= 15 is 0 Å². The van der Waals surface area contributed by atoms with Gasteiger partial charge >= 0.3 is 0 Å². The molecule has 2 rings (SSSR count). The molecule has 2 N–H and O–H groups in total. The summed E-state index contributed by atoms with van der Waals surface area (Å²) in [7, 11) is 1.84. The van der Waals surface area contributed by atoms with E-state index in [0.717, 1.165) is 45.4 Å². The van der Waals surface area contributed by atoms with Gasteiger partial charge in [-0.05, 0) is 25.3 Å². The molecule has 1 aromatic rings. The van der Waals surface area contributed by atoms with Gasteiger partial charge in [0.1, 0.15) is 0 Å². The fraction of sp³-hybridized carbons (Fsp3) is 0.667. The molecule has 0 bridgehead atoms. The molecular formula is C21H37IN4O. The number of nitrogens with zero attached hydrogens (tertiary/aromatic N) is 2. The van der Waals surface area contributed by atoms with Crippen molar-refractivity contribution < 1.29 is 4.74 Å². The van der Waals surface area contributed by atoms with Crippen LogP contribution in [0.15, 0.2) is 35.3 Å². The fourth-order valence-corrected chi connectivity index (χ4v) is 3.45. The summed E-state index contributed by atoms with van der Waals surface area (Å²) < 4.78 is 5.47. The lowest BCUT2D eigenvalue weighted by Gasteiger charge is -2.41. The van der Waals surface area contributed by atoms with Crippen molar-refractivity contribution in [3.8, 4) is 0 Å². The largest absolute Gasteiger partial charge is 0.379 e. The highest BCUT2D eigenvalue weighted by molar-refractivity contribution is 14.0. The highest BCUT2D eigenvalue weighted by atomic mass is 127. The molecule has 0 radical (unpaired) electrons. The third-order valence-electron chi connectivity index (χ3n) is 5.30. The van der Waals surface area contributed by atoms with Gasteiger partial charge < -0.3 is 15.4 Å². The Kier molecular flexibility index (Phi) is 10.6. The summed E-state index contributed by atoms with van der Waals surface area (Å²) in [6.45, 7) is 14.5. The lowest BCUT2D eigenvalue weighted by molar-refractivity contribution is -0.00834. The van der Waals surface area contributed by atoms with Gasteiger partial charge in [-0.1, -0.05) is 44.2 Å². The Labute approximate surface area is 182 Å². The first-order valence-electron chi connectivity index (χ1n) is 9.76. The third kappa shape index (κ3) is 7.58. The Balaban J connectivity index is 0.00000364. The zero-order valence-corrected chi connectivity index (χ0v) is 19.8. The van der Waals surface area contributed by atoms with Crippen LogP contribution in [-0.4, -0.2) is 62.8 Å². The minimum absolute atomic E-state index is 0. The van der Waals surface area contributed by atoms with Crippen LogP contribution in [0.4, 0.5) is 0 Å². The number of morpholine rings is 1. The van der Waals surface area contributed by atoms with Crippen LogP contribution in [0.3, 0.4) is 0 Å². The lowest BCUT2D eigenvalue weighted by atomic mass is 9.88. The Morgan fingerprint density at radius 2 is 1.78 bits per heavy atom. The van der Waals surface area contributed by atoms with Gasteiger partial charge in [0, 0.05) is 44.7 Å². The summed E-state index contributed by atoms with van der Waals surface area (Å²) in [5.74, 6) is 1.89. The number of hydrogen-bond donors (Lipinski definition) is 2. The monoisotopic (exact) mass is 488 g/mol. The minimum atomic E-state index is 0. The normalized spacial score (nSPS) is 17.3. The van der Waals surface area contributed by atoms with E-state index in [0.29, 0.717) is 11.8 Å². The molecular weight excluding hydrogens is 451 g/mol. The van der Waals surface area contributed by atoms with Crippen molar-refractivity contribution >= 4 is 29.9 Å². The molecule has 6 heteroatoms. The summed E-state index contributed by atoms with van der Waals surface area (Å²) in [6, 6.07) is 10.7. The molecule has 1 atom stereocenters. The number of nitrogens with one attached hydrogen (secondary N) is 2. The summed E-state index contributed by atoms with van der Waals surface area (Å²) >= 11 is 0. The molecule has 1 aromatic carbocycles. The first-order valence-corrected chi connectivity index (χ1v) is 9.76. The van der Waals surface area contributed by atoms with Crippen LogP contribution >= 0.6 is 24.0 Å². The molecule has 0 aromatic heterocycles. The zero-order valence-electron chi connectivity index (χ0n) is 17.5. The first-order chi connectivity index (χ1) is 12.4. The number of aliphatic imine (C=N–C) groups is 1. The molecule has 1 aliphatic rings. The van der Waals surface area contributed by atoms with E-state index in [9.17, 15) is 0 Å². The van der Waals surface area contributed by atoms with Gasteiger partial charge in [0.05, 0.1) is 13.2 Å². The SMILES string of the molecule is CN=C(NCC(c1ccccc1)C(C)C)NCC(C)(C)N1CCOCC1.I. The maximum absolute atomic E-state index is 5.47. The molecule has 1 aliphatic heterocycles. The van der Waals surface area contributed by atoms with Crippen LogP contribution in [0, 0.1) is 5.92 Å². The number of halogens is 1. The minimum Gasteiger partial charge on any atom is -0.379 e. The van der Waals surface area contributed by atoms with Gasteiger partial charge in [-0.15, -0.1) is 24.0 Å². The van der Waals surface area contributed by atoms with Crippen molar-refractivity contribution in [2.24, 2.45) is 10.9 Å². The van der Waals surface area contributed by atoms with Crippen LogP contribution in [0.5, 0.6) is 0 Å². The Morgan fingerprint density at radius 3 is 2.33 bits per heavy atom. The fourth-order valence-electron chi connectivity index (χ4n) is 3.45. The third-order valence-corrected chi connectivity index (χ3v) is 5.30. The Hall–Kier alpha value is -0.860. The van der Waals surface area contributed by atoms with Gasteiger partial charge in [-0.25, -0.2) is 0 Å². The summed E-state index contributed by atoms with van der Waals surface area (Å²) in [6.07, 6.45) is 0. The summed E-state index contributed by atoms with van der Waals surface area (Å²) in [5.41, 5.74) is 1.44. The van der Waals surface area contributed by atoms with Crippen molar-refractivity contribution in [3.05, 3.63) is 35.9 Å². The van der Waals surface area contributed by atoms with E-state index in [4.69, 9.17) is 4.74 Å². The topological polar surface area (TPSA) is 48.9 Å². The van der Waals surface area contributed by atoms with Crippen molar-refractivity contribution in [3.63, 3.8) is 0 Å². The van der Waals surface area contributed by atoms with Gasteiger partial charge in [0.2, 0.25) is 0 Å². The predicted molar refractivity (Wildman–Crippen MR) is 125 cm³/mol. The van der Waals surface area contributed by atoms with E-state index < -0.39 is 0 Å². The van der Waals surface area contributed by atoms with Crippen molar-refractivity contribution in [1.29, 1.82) is 0 Å². The van der Waals surface area contributed by atoms with Gasteiger partial charge in [0.25, 0.3) is 0 Å². The summed E-state index contributed by atoms with van der Waals surface area (Å²) in [5, 5.41) is 7.03. The molecule has 0 amide bonds. The average molecular weight is 488 g/mol. The maximum Gasteiger partial charge on any atom is 0.191 e. The molecule has 1 fully saturated rings. The second-order valence-electron chi connectivity index (χ2n) is 7.98. The number of benzene rings is 1. The smallest absolute Gasteiger partial charge is 0.191 e. The Morgan fingerprint density at radius 1 is 1.15 bits per heavy atom. The molecule has 154 valence electrons. The molecule has 0 spiro atoms. The molecule has 1 heterocycles. The van der Waals surface area contributed by atoms with Gasteiger partial charge in [-0.3, -0.25) is 9.89 Å². The van der Waals surface area contributed by atoms with Crippen molar-refractivity contribution in [2.45, 2.75) is 39.2 Å². The van der Waals surface area contributed by atoms with E-state index in [1.807, 2.05) is 7.05 Å².